The van der Waals surface area contributed by atoms with Crippen molar-refractivity contribution in [3.05, 3.63) is 11.3 Å². The lowest BCUT2D eigenvalue weighted by molar-refractivity contribution is 1.17. The van der Waals surface area contributed by atoms with Gasteiger partial charge in [-0.3, -0.25) is 0 Å². The first kappa shape index (κ1) is 19.0. The third-order valence-electron chi connectivity index (χ3n) is 2.85. The smallest absolute Gasteiger partial charge is 0.0686 e. The lowest BCUT2D eigenvalue weighted by atomic mass is 10.2. The summed E-state index contributed by atoms with van der Waals surface area (Å²) in [5.74, 6) is 7.16. The summed E-state index contributed by atoms with van der Waals surface area (Å²) in [6.45, 7) is 24.1. The van der Waals surface area contributed by atoms with E-state index in [9.17, 15) is 0 Å². The average Bonchev–Trinajstić information content (AvgIpc) is 2.04. The molecular formula is C16H34Si3. The van der Waals surface area contributed by atoms with E-state index in [2.05, 4.69) is 83.4 Å². The van der Waals surface area contributed by atoms with Crippen LogP contribution in [0.25, 0.3) is 0 Å². The maximum atomic E-state index is 3.64. The molecule has 0 heterocycles. The molecular weight excluding hydrogens is 276 g/mol. The van der Waals surface area contributed by atoms with E-state index in [-0.39, 0.29) is 0 Å². The number of hydrogen-bond acceptors (Lipinski definition) is 0. The number of allylic oxidation sites excluding steroid dienone is 1. The molecule has 0 aliphatic heterocycles. The van der Waals surface area contributed by atoms with Gasteiger partial charge in [0.05, 0.1) is 24.2 Å². The van der Waals surface area contributed by atoms with Gasteiger partial charge in [0.15, 0.2) is 0 Å². The molecule has 0 bridgehead atoms. The summed E-state index contributed by atoms with van der Waals surface area (Å²) < 4.78 is 0. The zero-order valence-electron chi connectivity index (χ0n) is 14.9. The summed E-state index contributed by atoms with van der Waals surface area (Å²) in [7, 11) is -3.42. The van der Waals surface area contributed by atoms with E-state index in [1.165, 1.54) is 0 Å². The summed E-state index contributed by atoms with van der Waals surface area (Å²) in [4.78, 5) is 0. The summed E-state index contributed by atoms with van der Waals surface area (Å²) in [6.07, 6.45) is 0. The largest absolute Gasteiger partial charge is 0.106 e. The van der Waals surface area contributed by atoms with Crippen LogP contribution >= 0.6 is 0 Å². The molecule has 0 spiro atoms. The van der Waals surface area contributed by atoms with Crippen LogP contribution in [0.4, 0.5) is 0 Å². The van der Waals surface area contributed by atoms with Crippen molar-refractivity contribution >= 4 is 24.2 Å². The second-order valence-corrected chi connectivity index (χ2v) is 24.9. The Bertz CT molecular complexity index is 375. The van der Waals surface area contributed by atoms with Crippen LogP contribution in [-0.2, 0) is 0 Å². The number of hydrogen-bond donors (Lipinski definition) is 0. The van der Waals surface area contributed by atoms with E-state index in [0.717, 1.165) is 6.04 Å². The predicted molar refractivity (Wildman–Crippen MR) is 100 cm³/mol. The average molecular weight is 311 g/mol. The molecule has 0 aromatic heterocycles. The molecule has 0 aliphatic rings. The minimum absolute atomic E-state index is 0.538. The first-order valence-corrected chi connectivity index (χ1v) is 18.3. The van der Waals surface area contributed by atoms with E-state index in [4.69, 9.17) is 0 Å². The maximum Gasteiger partial charge on any atom is 0.0686 e. The van der Waals surface area contributed by atoms with Crippen LogP contribution < -0.4 is 0 Å². The van der Waals surface area contributed by atoms with Crippen molar-refractivity contribution in [1.29, 1.82) is 0 Å². The van der Waals surface area contributed by atoms with Crippen molar-refractivity contribution in [3.8, 4) is 11.8 Å². The normalized spacial score (nSPS) is 15.8. The fourth-order valence-electron chi connectivity index (χ4n) is 2.20. The minimum Gasteiger partial charge on any atom is -0.106 e. The van der Waals surface area contributed by atoms with Gasteiger partial charge in [-0.05, 0) is 6.92 Å². The van der Waals surface area contributed by atoms with Crippen LogP contribution in [0.2, 0.25) is 70.5 Å². The van der Waals surface area contributed by atoms with Crippen molar-refractivity contribution in [3.63, 3.8) is 0 Å². The quantitative estimate of drug-likeness (QED) is 0.450. The van der Waals surface area contributed by atoms with E-state index in [1.54, 1.807) is 5.57 Å². The molecule has 0 saturated carbocycles. The van der Waals surface area contributed by atoms with Crippen LogP contribution in [0.5, 0.6) is 0 Å². The summed E-state index contributed by atoms with van der Waals surface area (Å²) in [5, 5.41) is 0. The van der Waals surface area contributed by atoms with E-state index in [1.807, 2.05) is 0 Å². The molecule has 3 heteroatoms. The Morgan fingerprint density at radius 2 is 1.42 bits per heavy atom. The Balaban J connectivity index is 5.22. The molecule has 1 atom stereocenters. The molecule has 0 aromatic rings. The lowest BCUT2D eigenvalue weighted by Gasteiger charge is -2.27. The van der Waals surface area contributed by atoms with Crippen molar-refractivity contribution in [2.75, 3.05) is 0 Å². The minimum atomic E-state index is -1.25. The van der Waals surface area contributed by atoms with Crippen molar-refractivity contribution < 1.29 is 0 Å². The molecule has 0 saturated heterocycles. The van der Waals surface area contributed by atoms with Crippen LogP contribution in [0.15, 0.2) is 11.3 Å². The van der Waals surface area contributed by atoms with E-state index in [0.29, 0.717) is 5.54 Å². The van der Waals surface area contributed by atoms with Gasteiger partial charge in [0.25, 0.3) is 0 Å². The number of rotatable bonds is 4. The summed E-state index contributed by atoms with van der Waals surface area (Å²) in [6, 6.07) is 1.13. The highest BCUT2D eigenvalue weighted by molar-refractivity contribution is 6.82. The monoisotopic (exact) mass is 310 g/mol. The van der Waals surface area contributed by atoms with Gasteiger partial charge in [-0.15, -0.1) is 5.92 Å². The third kappa shape index (κ3) is 9.48. The Labute approximate surface area is 125 Å². The molecule has 0 aliphatic carbocycles. The van der Waals surface area contributed by atoms with Crippen LogP contribution in [-0.4, -0.2) is 24.2 Å². The first-order valence-electron chi connectivity index (χ1n) is 7.40. The van der Waals surface area contributed by atoms with Crippen molar-refractivity contribution in [2.24, 2.45) is 0 Å². The van der Waals surface area contributed by atoms with Crippen LogP contribution in [0, 0.1) is 11.8 Å². The van der Waals surface area contributed by atoms with E-state index < -0.39 is 24.2 Å². The Morgan fingerprint density at radius 3 is 1.74 bits per heavy atom. The highest BCUT2D eigenvalue weighted by atomic mass is 28.3. The molecule has 0 aromatic carbocycles. The molecule has 0 radical (unpaired) electrons. The molecule has 0 N–H and O–H groups in total. The third-order valence-corrected chi connectivity index (χ3v) is 7.74. The highest BCUT2D eigenvalue weighted by Crippen LogP contribution is 2.30. The zero-order valence-corrected chi connectivity index (χ0v) is 17.9. The molecule has 19 heavy (non-hydrogen) atoms. The molecule has 0 amide bonds. The van der Waals surface area contributed by atoms with Gasteiger partial charge < -0.3 is 0 Å². The van der Waals surface area contributed by atoms with Gasteiger partial charge >= 0.3 is 0 Å². The van der Waals surface area contributed by atoms with Crippen LogP contribution in [0.1, 0.15) is 6.92 Å². The fraction of sp³-hybridized carbons (Fsp3) is 0.750. The fourth-order valence-corrected chi connectivity index (χ4v) is 6.51. The van der Waals surface area contributed by atoms with Gasteiger partial charge in [0.1, 0.15) is 0 Å². The molecule has 110 valence electrons. The van der Waals surface area contributed by atoms with Crippen LogP contribution in [0.3, 0.4) is 0 Å². The standard InChI is InChI=1S/C16H34Si3/c1-15(14-18(5,6)7)16(19(8,9)10)12-11-13-17(2,3)4/h14,16H,13H2,1-10H3/t16-/m0/s1. The van der Waals surface area contributed by atoms with Gasteiger partial charge in [-0.25, -0.2) is 0 Å². The van der Waals surface area contributed by atoms with Gasteiger partial charge in [-0.1, -0.05) is 76.1 Å². The molecule has 0 fully saturated rings. The van der Waals surface area contributed by atoms with Gasteiger partial charge in [0.2, 0.25) is 0 Å². The predicted octanol–water partition coefficient (Wildman–Crippen LogP) is 5.86. The molecule has 0 rings (SSSR count). The zero-order chi connectivity index (χ0) is 15.5. The molecule has 0 unspecified atom stereocenters. The Hall–Kier alpha value is -0.0494. The maximum absolute atomic E-state index is 3.64. The topological polar surface area (TPSA) is 0 Å². The van der Waals surface area contributed by atoms with Gasteiger partial charge in [-0.2, -0.15) is 0 Å². The van der Waals surface area contributed by atoms with Crippen molar-refractivity contribution in [1.82, 2.24) is 0 Å². The SMILES string of the molecule is CC(=C[Si](C)(C)C)[C@H](C#CC[Si](C)(C)C)[Si](C)(C)C. The Morgan fingerprint density at radius 1 is 0.947 bits per heavy atom. The lowest BCUT2D eigenvalue weighted by Crippen LogP contribution is -2.29. The van der Waals surface area contributed by atoms with Gasteiger partial charge in [0, 0.05) is 11.6 Å². The van der Waals surface area contributed by atoms with Crippen molar-refractivity contribution in [2.45, 2.75) is 77.4 Å². The summed E-state index contributed by atoms with van der Waals surface area (Å²) in [5.41, 5.74) is 4.64. The Kier molecular flexibility index (Phi) is 6.58. The second kappa shape index (κ2) is 6.60. The summed E-state index contributed by atoms with van der Waals surface area (Å²) >= 11 is 0. The first-order chi connectivity index (χ1) is 8.22. The highest BCUT2D eigenvalue weighted by Gasteiger charge is 2.27. The second-order valence-electron chi connectivity index (χ2n) is 9.11. The van der Waals surface area contributed by atoms with E-state index >= 15 is 0 Å². The molecule has 0 nitrogen and oxygen atoms in total.